The van der Waals surface area contributed by atoms with Gasteiger partial charge in [-0.05, 0) is 43.9 Å². The van der Waals surface area contributed by atoms with Gasteiger partial charge in [-0.2, -0.15) is 0 Å². The van der Waals surface area contributed by atoms with Crippen molar-refractivity contribution in [2.75, 3.05) is 13.2 Å². The zero-order chi connectivity index (χ0) is 12.1. The second-order valence-corrected chi connectivity index (χ2v) is 5.59. The quantitative estimate of drug-likeness (QED) is 0.916. The topological polar surface area (TPSA) is 21.3 Å². The molecule has 0 amide bonds. The van der Waals surface area contributed by atoms with Crippen LogP contribution in [-0.4, -0.2) is 19.3 Å². The molecular formula is C14H20BrNO. The molecule has 1 heterocycles. The van der Waals surface area contributed by atoms with Gasteiger partial charge in [0, 0.05) is 23.7 Å². The number of ether oxygens (including phenoxy) is 1. The normalized spacial score (nSPS) is 22.4. The number of rotatable bonds is 4. The largest absolute Gasteiger partial charge is 0.377 e. The van der Waals surface area contributed by atoms with Gasteiger partial charge in [0.25, 0.3) is 0 Å². The van der Waals surface area contributed by atoms with E-state index in [0.29, 0.717) is 12.1 Å². The molecule has 1 aromatic carbocycles. The zero-order valence-corrected chi connectivity index (χ0v) is 11.9. The number of hydrogen-bond donors (Lipinski definition) is 1. The van der Waals surface area contributed by atoms with Gasteiger partial charge in [-0.15, -0.1) is 0 Å². The van der Waals surface area contributed by atoms with Crippen molar-refractivity contribution in [1.29, 1.82) is 0 Å². The van der Waals surface area contributed by atoms with Gasteiger partial charge in [0.15, 0.2) is 0 Å². The van der Waals surface area contributed by atoms with Crippen molar-refractivity contribution in [2.24, 2.45) is 0 Å². The molecule has 1 N–H and O–H groups in total. The van der Waals surface area contributed by atoms with Crippen molar-refractivity contribution in [3.8, 4) is 0 Å². The molecule has 1 fully saturated rings. The van der Waals surface area contributed by atoms with Crippen molar-refractivity contribution in [1.82, 2.24) is 5.32 Å². The summed E-state index contributed by atoms with van der Waals surface area (Å²) in [5.74, 6) is 0. The second kappa shape index (κ2) is 6.53. The minimum absolute atomic E-state index is 0.373. The lowest BCUT2D eigenvalue weighted by molar-refractivity contribution is 0.0156. The summed E-state index contributed by atoms with van der Waals surface area (Å²) in [4.78, 5) is 0. The molecule has 0 radical (unpaired) electrons. The smallest absolute Gasteiger partial charge is 0.0699 e. The lowest BCUT2D eigenvalue weighted by atomic mass is 10.1. The van der Waals surface area contributed by atoms with Gasteiger partial charge in [0.05, 0.1) is 6.10 Å². The second-order valence-electron chi connectivity index (χ2n) is 4.67. The maximum absolute atomic E-state index is 5.72. The predicted molar refractivity (Wildman–Crippen MR) is 74.2 cm³/mol. The van der Waals surface area contributed by atoms with E-state index in [0.717, 1.165) is 17.6 Å². The molecule has 1 saturated heterocycles. The van der Waals surface area contributed by atoms with Crippen LogP contribution in [0.15, 0.2) is 28.7 Å². The fourth-order valence-electron chi connectivity index (χ4n) is 2.17. The molecule has 2 rings (SSSR count). The number of benzene rings is 1. The van der Waals surface area contributed by atoms with E-state index in [1.165, 1.54) is 24.8 Å². The fraction of sp³-hybridized carbons (Fsp3) is 0.571. The number of nitrogens with one attached hydrogen (secondary N) is 1. The van der Waals surface area contributed by atoms with Gasteiger partial charge in [-0.3, -0.25) is 0 Å². The molecule has 94 valence electrons. The number of halogens is 1. The third-order valence-corrected chi connectivity index (χ3v) is 3.77. The van der Waals surface area contributed by atoms with Gasteiger partial charge in [-0.25, -0.2) is 0 Å². The summed E-state index contributed by atoms with van der Waals surface area (Å²) in [7, 11) is 0. The standard InChI is InChI=1S/C14H20BrNO/c1-11(12-5-4-6-13(15)9-12)16-10-14-7-2-3-8-17-14/h4-6,9,11,14,16H,2-3,7-8,10H2,1H3/t11-,14?/m0/s1. The van der Waals surface area contributed by atoms with Crippen molar-refractivity contribution < 1.29 is 4.74 Å². The SMILES string of the molecule is C[C@H](NCC1CCCCO1)c1cccc(Br)c1. The molecule has 1 unspecified atom stereocenters. The molecule has 0 bridgehead atoms. The van der Waals surface area contributed by atoms with Crippen LogP contribution in [0.1, 0.15) is 37.8 Å². The molecule has 1 aromatic rings. The molecule has 0 saturated carbocycles. The molecule has 0 spiro atoms. The van der Waals surface area contributed by atoms with Crippen LogP contribution in [0.4, 0.5) is 0 Å². The van der Waals surface area contributed by atoms with Gasteiger partial charge < -0.3 is 10.1 Å². The Morgan fingerprint density at radius 2 is 2.35 bits per heavy atom. The molecule has 0 aromatic heterocycles. The first-order valence-electron chi connectivity index (χ1n) is 6.36. The van der Waals surface area contributed by atoms with Crippen molar-refractivity contribution >= 4 is 15.9 Å². The fourth-order valence-corrected chi connectivity index (χ4v) is 2.59. The maximum Gasteiger partial charge on any atom is 0.0699 e. The van der Waals surface area contributed by atoms with Crippen molar-refractivity contribution in [2.45, 2.75) is 38.3 Å². The Kier molecular flexibility index (Phi) is 5.01. The summed E-state index contributed by atoms with van der Waals surface area (Å²) < 4.78 is 6.85. The molecule has 3 heteroatoms. The average molecular weight is 298 g/mol. The molecule has 0 aliphatic carbocycles. The van der Waals surface area contributed by atoms with E-state index in [1.807, 2.05) is 0 Å². The highest BCUT2D eigenvalue weighted by Gasteiger charge is 2.14. The summed E-state index contributed by atoms with van der Waals surface area (Å²) in [5, 5.41) is 3.55. The summed E-state index contributed by atoms with van der Waals surface area (Å²) in [6.45, 7) is 4.08. The molecule has 17 heavy (non-hydrogen) atoms. The minimum Gasteiger partial charge on any atom is -0.377 e. The van der Waals surface area contributed by atoms with E-state index in [2.05, 4.69) is 52.4 Å². The Bertz CT molecular complexity index is 350. The highest BCUT2D eigenvalue weighted by molar-refractivity contribution is 9.10. The summed E-state index contributed by atoms with van der Waals surface area (Å²) >= 11 is 3.51. The average Bonchev–Trinajstić information content (AvgIpc) is 2.37. The Morgan fingerprint density at radius 3 is 3.06 bits per heavy atom. The molecule has 2 nitrogen and oxygen atoms in total. The predicted octanol–water partition coefficient (Wildman–Crippen LogP) is 3.67. The Labute approximate surface area is 112 Å². The molecular weight excluding hydrogens is 278 g/mol. The monoisotopic (exact) mass is 297 g/mol. The van der Waals surface area contributed by atoms with E-state index in [4.69, 9.17) is 4.74 Å². The van der Waals surface area contributed by atoms with Gasteiger partial charge >= 0.3 is 0 Å². The van der Waals surface area contributed by atoms with Crippen LogP contribution in [0.2, 0.25) is 0 Å². The zero-order valence-electron chi connectivity index (χ0n) is 10.3. The van der Waals surface area contributed by atoms with Crippen LogP contribution in [0, 0.1) is 0 Å². The van der Waals surface area contributed by atoms with Gasteiger partial charge in [0.1, 0.15) is 0 Å². The summed E-state index contributed by atoms with van der Waals surface area (Å²) in [6, 6.07) is 8.83. The molecule has 1 aliphatic rings. The van der Waals surface area contributed by atoms with E-state index >= 15 is 0 Å². The van der Waals surface area contributed by atoms with Gasteiger partial charge in [-0.1, -0.05) is 28.1 Å². The highest BCUT2D eigenvalue weighted by atomic mass is 79.9. The minimum atomic E-state index is 0.373. The van der Waals surface area contributed by atoms with Crippen LogP contribution < -0.4 is 5.32 Å². The van der Waals surface area contributed by atoms with E-state index < -0.39 is 0 Å². The first-order chi connectivity index (χ1) is 8.25. The van der Waals surface area contributed by atoms with Crippen molar-refractivity contribution in [3.05, 3.63) is 34.3 Å². The third kappa shape index (κ3) is 4.09. The maximum atomic E-state index is 5.72. The summed E-state index contributed by atoms with van der Waals surface area (Å²) in [6.07, 6.45) is 4.12. The highest BCUT2D eigenvalue weighted by Crippen LogP contribution is 2.18. The van der Waals surface area contributed by atoms with Crippen LogP contribution >= 0.6 is 15.9 Å². The van der Waals surface area contributed by atoms with E-state index in [-0.39, 0.29) is 0 Å². The molecule has 1 aliphatic heterocycles. The third-order valence-electron chi connectivity index (χ3n) is 3.27. The van der Waals surface area contributed by atoms with Crippen LogP contribution in [-0.2, 0) is 4.74 Å². The van der Waals surface area contributed by atoms with Crippen LogP contribution in [0.5, 0.6) is 0 Å². The van der Waals surface area contributed by atoms with Crippen molar-refractivity contribution in [3.63, 3.8) is 0 Å². The van der Waals surface area contributed by atoms with E-state index in [1.54, 1.807) is 0 Å². The Morgan fingerprint density at radius 1 is 1.47 bits per heavy atom. The summed E-state index contributed by atoms with van der Waals surface area (Å²) in [5.41, 5.74) is 1.31. The lowest BCUT2D eigenvalue weighted by Crippen LogP contribution is -2.33. The molecule has 2 atom stereocenters. The Balaban J connectivity index is 1.82. The van der Waals surface area contributed by atoms with Crippen LogP contribution in [0.3, 0.4) is 0 Å². The van der Waals surface area contributed by atoms with Crippen LogP contribution in [0.25, 0.3) is 0 Å². The first-order valence-corrected chi connectivity index (χ1v) is 7.15. The Hall–Kier alpha value is -0.380. The van der Waals surface area contributed by atoms with Gasteiger partial charge in [0.2, 0.25) is 0 Å². The first kappa shape index (κ1) is 13.1. The number of hydrogen-bond acceptors (Lipinski definition) is 2. The lowest BCUT2D eigenvalue weighted by Gasteiger charge is -2.25. The van der Waals surface area contributed by atoms with E-state index in [9.17, 15) is 0 Å².